The van der Waals surface area contributed by atoms with Crippen molar-refractivity contribution in [2.45, 2.75) is 26.8 Å². The number of nitrogens with zero attached hydrogens (tertiary/aromatic N) is 3. The summed E-state index contributed by atoms with van der Waals surface area (Å²) >= 11 is 0. The number of amides is 1. The van der Waals surface area contributed by atoms with Crippen molar-refractivity contribution >= 4 is 5.91 Å². The third-order valence-corrected chi connectivity index (χ3v) is 3.70. The number of aryl methyl sites for hydroxylation is 2. The van der Waals surface area contributed by atoms with Crippen LogP contribution in [-0.2, 0) is 11.3 Å². The first-order chi connectivity index (χ1) is 11.1. The van der Waals surface area contributed by atoms with E-state index in [4.69, 9.17) is 4.74 Å². The molecule has 0 aliphatic heterocycles. The molecule has 0 unspecified atom stereocenters. The van der Waals surface area contributed by atoms with Gasteiger partial charge in [0.25, 0.3) is 5.91 Å². The Morgan fingerprint density at radius 3 is 2.61 bits per heavy atom. The number of methoxy groups -OCH3 is 1. The second-order valence-corrected chi connectivity index (χ2v) is 5.58. The molecule has 1 amide bonds. The van der Waals surface area contributed by atoms with Gasteiger partial charge in [0, 0.05) is 33.0 Å². The van der Waals surface area contributed by atoms with Crippen LogP contribution in [0.25, 0.3) is 0 Å². The van der Waals surface area contributed by atoms with E-state index in [1.807, 2.05) is 11.8 Å². The van der Waals surface area contributed by atoms with Crippen molar-refractivity contribution in [3.05, 3.63) is 59.2 Å². The van der Waals surface area contributed by atoms with Crippen molar-refractivity contribution < 1.29 is 9.53 Å². The van der Waals surface area contributed by atoms with Crippen LogP contribution in [0.4, 0.5) is 0 Å². The van der Waals surface area contributed by atoms with E-state index in [0.717, 1.165) is 12.0 Å². The van der Waals surface area contributed by atoms with E-state index in [0.29, 0.717) is 31.0 Å². The number of aromatic nitrogens is 2. The van der Waals surface area contributed by atoms with E-state index >= 15 is 0 Å². The summed E-state index contributed by atoms with van der Waals surface area (Å²) in [4.78, 5) is 22.8. The van der Waals surface area contributed by atoms with Crippen LogP contribution in [-0.4, -0.2) is 41.0 Å². The summed E-state index contributed by atoms with van der Waals surface area (Å²) in [6, 6.07) is 8.23. The Morgan fingerprint density at radius 1 is 1.22 bits per heavy atom. The van der Waals surface area contributed by atoms with Crippen molar-refractivity contribution in [1.29, 1.82) is 0 Å². The molecule has 2 rings (SSSR count). The number of carbonyl (C=O) groups is 1. The highest BCUT2D eigenvalue weighted by molar-refractivity contribution is 5.94. The van der Waals surface area contributed by atoms with Crippen LogP contribution >= 0.6 is 0 Å². The minimum absolute atomic E-state index is 0.0419. The maximum absolute atomic E-state index is 12.8. The van der Waals surface area contributed by atoms with E-state index in [1.165, 1.54) is 11.9 Å². The number of ether oxygens (including phenoxy) is 1. The lowest BCUT2D eigenvalue weighted by molar-refractivity contribution is 0.0722. The fraction of sp³-hybridized carbons (Fsp3) is 0.389. The minimum atomic E-state index is -0.0419. The number of benzene rings is 1. The predicted molar refractivity (Wildman–Crippen MR) is 89.2 cm³/mol. The average molecular weight is 313 g/mol. The minimum Gasteiger partial charge on any atom is -0.385 e. The van der Waals surface area contributed by atoms with Crippen molar-refractivity contribution in [3.63, 3.8) is 0 Å². The average Bonchev–Trinajstić information content (AvgIpc) is 2.56. The number of rotatable bonds is 7. The van der Waals surface area contributed by atoms with Crippen LogP contribution < -0.4 is 0 Å². The zero-order valence-corrected chi connectivity index (χ0v) is 14.0. The quantitative estimate of drug-likeness (QED) is 0.738. The van der Waals surface area contributed by atoms with E-state index in [2.05, 4.69) is 41.2 Å². The third-order valence-electron chi connectivity index (χ3n) is 3.70. The van der Waals surface area contributed by atoms with E-state index < -0.39 is 0 Å². The smallest absolute Gasteiger partial charge is 0.257 e. The van der Waals surface area contributed by atoms with Crippen LogP contribution in [0.1, 0.15) is 33.6 Å². The zero-order chi connectivity index (χ0) is 16.7. The molecule has 0 radical (unpaired) electrons. The second-order valence-electron chi connectivity index (χ2n) is 5.58. The summed E-state index contributed by atoms with van der Waals surface area (Å²) < 4.78 is 5.10. The van der Waals surface area contributed by atoms with Crippen molar-refractivity contribution in [2.75, 3.05) is 20.3 Å². The lowest BCUT2D eigenvalue weighted by atomic mass is 10.1. The molecule has 0 atom stereocenters. The molecule has 0 aliphatic carbocycles. The maximum Gasteiger partial charge on any atom is 0.257 e. The molecular weight excluding hydrogens is 290 g/mol. The molecule has 1 heterocycles. The molecule has 5 nitrogen and oxygen atoms in total. The van der Waals surface area contributed by atoms with E-state index in [1.54, 1.807) is 13.3 Å². The molecule has 0 saturated carbocycles. The zero-order valence-electron chi connectivity index (χ0n) is 14.0. The summed E-state index contributed by atoms with van der Waals surface area (Å²) in [6.45, 7) is 5.71. The van der Waals surface area contributed by atoms with E-state index in [9.17, 15) is 4.79 Å². The fourth-order valence-corrected chi connectivity index (χ4v) is 2.34. The first-order valence-electron chi connectivity index (χ1n) is 7.72. The molecule has 0 aliphatic rings. The van der Waals surface area contributed by atoms with Crippen molar-refractivity contribution in [1.82, 2.24) is 14.9 Å². The highest BCUT2D eigenvalue weighted by Gasteiger charge is 2.18. The molecule has 0 spiro atoms. The first kappa shape index (κ1) is 17.1. The van der Waals surface area contributed by atoms with Gasteiger partial charge in [-0.25, -0.2) is 9.97 Å². The van der Waals surface area contributed by atoms with Gasteiger partial charge in [-0.2, -0.15) is 0 Å². The third kappa shape index (κ3) is 4.86. The van der Waals surface area contributed by atoms with Gasteiger partial charge in [0.05, 0.1) is 11.3 Å². The number of hydrogen-bond donors (Lipinski definition) is 0. The highest BCUT2D eigenvalue weighted by Crippen LogP contribution is 2.13. The van der Waals surface area contributed by atoms with Gasteiger partial charge in [-0.05, 0) is 25.8 Å². The monoisotopic (exact) mass is 313 g/mol. The standard InChI is InChI=1S/C18H23N3O2/c1-14-5-7-16(8-6-14)12-21(9-4-10-23-3)18(22)17-11-19-13-20-15(17)2/h5-8,11,13H,4,9-10,12H2,1-3H3. The number of carbonyl (C=O) groups excluding carboxylic acids is 1. The molecule has 1 aromatic heterocycles. The lowest BCUT2D eigenvalue weighted by Crippen LogP contribution is -2.32. The lowest BCUT2D eigenvalue weighted by Gasteiger charge is -2.23. The van der Waals surface area contributed by atoms with Crippen LogP contribution in [0.3, 0.4) is 0 Å². The second kappa shape index (κ2) is 8.39. The molecule has 0 saturated heterocycles. The molecular formula is C18H23N3O2. The van der Waals surface area contributed by atoms with Crippen molar-refractivity contribution in [3.8, 4) is 0 Å². The molecule has 2 aromatic rings. The normalized spacial score (nSPS) is 10.6. The van der Waals surface area contributed by atoms with Crippen LogP contribution in [0.5, 0.6) is 0 Å². The molecule has 122 valence electrons. The van der Waals surface area contributed by atoms with Gasteiger partial charge in [0.1, 0.15) is 6.33 Å². The first-order valence-corrected chi connectivity index (χ1v) is 7.72. The van der Waals surface area contributed by atoms with Gasteiger partial charge in [0.15, 0.2) is 0 Å². The van der Waals surface area contributed by atoms with E-state index in [-0.39, 0.29) is 5.91 Å². The Kier molecular flexibility index (Phi) is 6.23. The van der Waals surface area contributed by atoms with Crippen LogP contribution in [0.2, 0.25) is 0 Å². The Labute approximate surface area is 137 Å². The Hall–Kier alpha value is -2.27. The largest absolute Gasteiger partial charge is 0.385 e. The topological polar surface area (TPSA) is 55.3 Å². The molecule has 0 fully saturated rings. The SMILES string of the molecule is COCCCN(Cc1ccc(C)cc1)C(=O)c1cncnc1C. The van der Waals surface area contributed by atoms with Crippen LogP contribution in [0, 0.1) is 13.8 Å². The van der Waals surface area contributed by atoms with Gasteiger partial charge in [-0.3, -0.25) is 4.79 Å². The van der Waals surface area contributed by atoms with Gasteiger partial charge in [-0.1, -0.05) is 29.8 Å². The molecule has 0 N–H and O–H groups in total. The van der Waals surface area contributed by atoms with Gasteiger partial charge >= 0.3 is 0 Å². The Balaban J connectivity index is 2.17. The van der Waals surface area contributed by atoms with Gasteiger partial charge in [0.2, 0.25) is 0 Å². The molecule has 0 bridgehead atoms. The highest BCUT2D eigenvalue weighted by atomic mass is 16.5. The Morgan fingerprint density at radius 2 is 1.96 bits per heavy atom. The predicted octanol–water partition coefficient (Wildman–Crippen LogP) is 2.77. The molecule has 23 heavy (non-hydrogen) atoms. The fourth-order valence-electron chi connectivity index (χ4n) is 2.34. The number of hydrogen-bond acceptors (Lipinski definition) is 4. The summed E-state index contributed by atoms with van der Waals surface area (Å²) in [7, 11) is 1.67. The van der Waals surface area contributed by atoms with Gasteiger partial charge < -0.3 is 9.64 Å². The van der Waals surface area contributed by atoms with Crippen molar-refractivity contribution in [2.24, 2.45) is 0 Å². The summed E-state index contributed by atoms with van der Waals surface area (Å²) in [6.07, 6.45) is 3.84. The summed E-state index contributed by atoms with van der Waals surface area (Å²) in [5.74, 6) is -0.0419. The Bertz CT molecular complexity index is 641. The van der Waals surface area contributed by atoms with Gasteiger partial charge in [-0.15, -0.1) is 0 Å². The maximum atomic E-state index is 12.8. The molecule has 1 aromatic carbocycles. The summed E-state index contributed by atoms with van der Waals surface area (Å²) in [5, 5.41) is 0. The van der Waals surface area contributed by atoms with Crippen LogP contribution in [0.15, 0.2) is 36.8 Å². The molecule has 5 heteroatoms. The summed E-state index contributed by atoms with van der Waals surface area (Å²) in [5.41, 5.74) is 3.57.